The zero-order chi connectivity index (χ0) is 46.6. The summed E-state index contributed by atoms with van der Waals surface area (Å²) in [6.45, 7) is 0. The second-order valence-electron chi connectivity index (χ2n) is 16.2. The Morgan fingerprint density at radius 1 is 0.318 bits per heavy atom. The maximum atomic E-state index is 12.1. The molecule has 9 nitrogen and oxygen atoms in total. The highest BCUT2D eigenvalue weighted by Crippen LogP contribution is 2.36. The fourth-order valence-electron chi connectivity index (χ4n) is 8.39. The molecule has 0 aliphatic rings. The SMILES string of the molecule is COC(=O)Cc1cccc(-c2cc(Cc3cc(Cc4ccc(OC)c(-c5cccc(CC(=O)OC)c5)c4)cc(Cc4ccc(OC)c(-c5cccc(CC(=O)OC)c5)c4)c3)ccc2OC)c1. The van der Waals surface area contributed by atoms with Gasteiger partial charge in [0.1, 0.15) is 17.2 Å². The summed E-state index contributed by atoms with van der Waals surface area (Å²) in [7, 11) is 9.19. The molecule has 0 unspecified atom stereocenters. The van der Waals surface area contributed by atoms with Crippen LogP contribution in [0.25, 0.3) is 33.4 Å². The van der Waals surface area contributed by atoms with Gasteiger partial charge in [-0.2, -0.15) is 0 Å². The molecule has 7 aromatic rings. The number of rotatable bonds is 18. The van der Waals surface area contributed by atoms with E-state index in [9.17, 15) is 14.4 Å². The Hall–Kier alpha value is -7.65. The van der Waals surface area contributed by atoms with Crippen molar-refractivity contribution in [2.24, 2.45) is 0 Å². The Balaban J connectivity index is 1.27. The van der Waals surface area contributed by atoms with Gasteiger partial charge in [-0.15, -0.1) is 0 Å². The van der Waals surface area contributed by atoms with Crippen molar-refractivity contribution in [3.05, 3.63) is 196 Å². The van der Waals surface area contributed by atoms with Gasteiger partial charge >= 0.3 is 17.9 Å². The molecule has 0 radical (unpaired) electrons. The molecule has 0 heterocycles. The molecule has 0 saturated carbocycles. The molecule has 0 atom stereocenters. The fourth-order valence-corrected chi connectivity index (χ4v) is 8.39. The lowest BCUT2D eigenvalue weighted by Crippen LogP contribution is -2.04. The third kappa shape index (κ3) is 11.7. The molecule has 0 bridgehead atoms. The summed E-state index contributed by atoms with van der Waals surface area (Å²) in [5.74, 6) is 1.32. The molecule has 0 amide bonds. The second-order valence-corrected chi connectivity index (χ2v) is 16.2. The molecule has 0 N–H and O–H groups in total. The zero-order valence-electron chi connectivity index (χ0n) is 38.3. The van der Waals surface area contributed by atoms with Crippen molar-refractivity contribution in [1.82, 2.24) is 0 Å². The van der Waals surface area contributed by atoms with E-state index in [1.165, 1.54) is 21.3 Å². The monoisotopic (exact) mass is 882 g/mol. The number of hydrogen-bond donors (Lipinski definition) is 0. The highest BCUT2D eigenvalue weighted by atomic mass is 16.5. The van der Waals surface area contributed by atoms with E-state index in [0.717, 1.165) is 101 Å². The Labute approximate surface area is 386 Å². The Morgan fingerprint density at radius 3 is 0.864 bits per heavy atom. The van der Waals surface area contributed by atoms with Crippen molar-refractivity contribution in [3.8, 4) is 50.6 Å². The average molecular weight is 883 g/mol. The summed E-state index contributed by atoms with van der Waals surface area (Å²) >= 11 is 0. The van der Waals surface area contributed by atoms with Crippen LogP contribution in [0.3, 0.4) is 0 Å². The van der Waals surface area contributed by atoms with Crippen LogP contribution in [0.15, 0.2) is 146 Å². The van der Waals surface area contributed by atoms with Crippen molar-refractivity contribution in [2.75, 3.05) is 42.7 Å². The normalized spacial score (nSPS) is 10.8. The first-order valence-electron chi connectivity index (χ1n) is 21.7. The Bertz CT molecular complexity index is 2540. The van der Waals surface area contributed by atoms with Gasteiger partial charge in [0.05, 0.1) is 61.9 Å². The van der Waals surface area contributed by atoms with Crippen molar-refractivity contribution in [3.63, 3.8) is 0 Å². The molecule has 0 aromatic heterocycles. The minimum absolute atomic E-state index is 0.177. The predicted molar refractivity (Wildman–Crippen MR) is 257 cm³/mol. The van der Waals surface area contributed by atoms with Crippen molar-refractivity contribution in [1.29, 1.82) is 0 Å². The lowest BCUT2D eigenvalue weighted by molar-refractivity contribution is -0.140. The molecule has 0 saturated heterocycles. The van der Waals surface area contributed by atoms with Crippen LogP contribution in [-0.4, -0.2) is 60.6 Å². The summed E-state index contributed by atoms with van der Waals surface area (Å²) in [4.78, 5) is 36.4. The number of ether oxygens (including phenoxy) is 6. The molecule has 9 heteroatoms. The van der Waals surface area contributed by atoms with Gasteiger partial charge < -0.3 is 28.4 Å². The summed E-state index contributed by atoms with van der Waals surface area (Å²) in [6.07, 6.45) is 2.49. The van der Waals surface area contributed by atoms with Crippen LogP contribution in [-0.2, 0) is 67.1 Å². The highest BCUT2D eigenvalue weighted by molar-refractivity contribution is 5.78. The van der Waals surface area contributed by atoms with Gasteiger partial charge in [-0.25, -0.2) is 0 Å². The van der Waals surface area contributed by atoms with Gasteiger partial charge in [-0.3, -0.25) is 14.4 Å². The maximum absolute atomic E-state index is 12.1. The van der Waals surface area contributed by atoms with Crippen LogP contribution in [0, 0.1) is 0 Å². The average Bonchev–Trinajstić information content (AvgIpc) is 3.34. The van der Waals surface area contributed by atoms with E-state index in [1.54, 1.807) is 21.3 Å². The van der Waals surface area contributed by atoms with Crippen LogP contribution < -0.4 is 14.2 Å². The third-order valence-electron chi connectivity index (χ3n) is 11.6. The number of carbonyl (C=O) groups is 3. The van der Waals surface area contributed by atoms with Gasteiger partial charge in [-0.05, 0) is 122 Å². The topological polar surface area (TPSA) is 107 Å². The molecule has 336 valence electrons. The summed E-state index contributed by atoms with van der Waals surface area (Å²) in [5.41, 5.74) is 14.9. The molecular weight excluding hydrogens is 829 g/mol. The van der Waals surface area contributed by atoms with Gasteiger partial charge in [-0.1, -0.05) is 109 Å². The molecule has 7 rings (SSSR count). The minimum Gasteiger partial charge on any atom is -0.496 e. The van der Waals surface area contributed by atoms with E-state index in [1.807, 2.05) is 91.0 Å². The third-order valence-corrected chi connectivity index (χ3v) is 11.6. The van der Waals surface area contributed by atoms with Crippen LogP contribution in [0.2, 0.25) is 0 Å². The smallest absolute Gasteiger partial charge is 0.309 e. The van der Waals surface area contributed by atoms with E-state index in [4.69, 9.17) is 28.4 Å². The first-order valence-corrected chi connectivity index (χ1v) is 21.7. The van der Waals surface area contributed by atoms with E-state index in [-0.39, 0.29) is 37.2 Å². The molecule has 0 aliphatic heterocycles. The van der Waals surface area contributed by atoms with Gasteiger partial charge in [0.15, 0.2) is 0 Å². The minimum atomic E-state index is -0.296. The van der Waals surface area contributed by atoms with Gasteiger partial charge in [0, 0.05) is 16.7 Å². The number of benzene rings is 7. The van der Waals surface area contributed by atoms with Crippen molar-refractivity contribution < 1.29 is 42.8 Å². The van der Waals surface area contributed by atoms with E-state index >= 15 is 0 Å². The molecule has 0 aliphatic carbocycles. The lowest BCUT2D eigenvalue weighted by atomic mass is 9.91. The Kier molecular flexibility index (Phi) is 15.3. The van der Waals surface area contributed by atoms with Crippen LogP contribution in [0.1, 0.15) is 50.1 Å². The first-order chi connectivity index (χ1) is 32.1. The maximum Gasteiger partial charge on any atom is 0.309 e. The van der Waals surface area contributed by atoms with E-state index < -0.39 is 0 Å². The first kappa shape index (κ1) is 46.3. The molecule has 0 spiro atoms. The largest absolute Gasteiger partial charge is 0.496 e. The lowest BCUT2D eigenvalue weighted by Gasteiger charge is -2.16. The summed E-state index contributed by atoms with van der Waals surface area (Å²) in [6, 6.07) is 49.3. The van der Waals surface area contributed by atoms with Crippen molar-refractivity contribution >= 4 is 17.9 Å². The Morgan fingerprint density at radius 2 is 0.606 bits per heavy atom. The fraction of sp³-hybridized carbons (Fsp3) is 0.211. The van der Waals surface area contributed by atoms with Crippen LogP contribution >= 0.6 is 0 Å². The summed E-state index contributed by atoms with van der Waals surface area (Å²) in [5, 5.41) is 0. The second kappa shape index (κ2) is 21.8. The van der Waals surface area contributed by atoms with Crippen LogP contribution in [0.4, 0.5) is 0 Å². The van der Waals surface area contributed by atoms with E-state index in [2.05, 4.69) is 54.6 Å². The number of hydrogen-bond acceptors (Lipinski definition) is 9. The number of methoxy groups -OCH3 is 6. The zero-order valence-corrected chi connectivity index (χ0v) is 38.3. The number of carbonyl (C=O) groups excluding carboxylic acids is 3. The van der Waals surface area contributed by atoms with Gasteiger partial charge in [0.2, 0.25) is 0 Å². The highest BCUT2D eigenvalue weighted by Gasteiger charge is 2.16. The molecule has 7 aromatic carbocycles. The van der Waals surface area contributed by atoms with Gasteiger partial charge in [0.25, 0.3) is 0 Å². The van der Waals surface area contributed by atoms with E-state index in [0.29, 0.717) is 19.3 Å². The quantitative estimate of drug-likeness (QED) is 0.0615. The molecular formula is C57H54O9. The molecule has 0 fully saturated rings. The van der Waals surface area contributed by atoms with Crippen molar-refractivity contribution in [2.45, 2.75) is 38.5 Å². The molecule has 66 heavy (non-hydrogen) atoms. The summed E-state index contributed by atoms with van der Waals surface area (Å²) < 4.78 is 32.3. The standard InChI is InChI=1S/C57H54O9/c1-61-52-19-16-40(31-49(52)46-13-7-10-37(28-46)34-55(58)64-4)22-43-25-44(23-41-17-20-53(62-2)50(32-41)47-14-8-11-38(29-47)35-56(59)65-5)27-45(26-43)24-42-18-21-54(63-3)51(33-42)48-15-9-12-39(30-48)36-57(60)66-6/h7-21,25-33H,22-24,34-36H2,1-6H3. The predicted octanol–water partition coefficient (Wildman–Crippen LogP) is 10.6. The van der Waals surface area contributed by atoms with Crippen LogP contribution in [0.5, 0.6) is 17.2 Å². The number of esters is 3.